The van der Waals surface area contributed by atoms with Gasteiger partial charge in [-0.1, -0.05) is 30.3 Å². The highest BCUT2D eigenvalue weighted by molar-refractivity contribution is 7.98. The first-order chi connectivity index (χ1) is 8.38. The summed E-state index contributed by atoms with van der Waals surface area (Å²) in [7, 11) is 0. The van der Waals surface area contributed by atoms with Crippen LogP contribution in [0.2, 0.25) is 0 Å². The summed E-state index contributed by atoms with van der Waals surface area (Å²) in [6, 6.07) is 18.2. The molecule has 0 aromatic heterocycles. The number of thioether (sulfide) groups is 1. The average Bonchev–Trinajstić information content (AvgIpc) is 2.40. The van der Waals surface area contributed by atoms with Gasteiger partial charge < -0.3 is 0 Å². The van der Waals surface area contributed by atoms with E-state index < -0.39 is 0 Å². The topological polar surface area (TPSA) is 24.4 Å². The minimum Gasteiger partial charge on any atom is -0.279 e. The lowest BCUT2D eigenvalue weighted by Gasteiger charge is -1.99. The first kappa shape index (κ1) is 11.7. The summed E-state index contributed by atoms with van der Waals surface area (Å²) >= 11 is 1.73. The molecule has 0 saturated heterocycles. The van der Waals surface area contributed by atoms with E-state index >= 15 is 0 Å². The van der Waals surface area contributed by atoms with Gasteiger partial charge in [0.2, 0.25) is 0 Å². The Labute approximate surface area is 106 Å². The van der Waals surface area contributed by atoms with Crippen molar-refractivity contribution < 1.29 is 0 Å². The van der Waals surface area contributed by atoms with E-state index in [1.807, 2.05) is 48.7 Å². The van der Waals surface area contributed by atoms with Crippen molar-refractivity contribution >= 4 is 23.7 Å². The molecular formula is C14H14N2S. The highest BCUT2D eigenvalue weighted by Gasteiger charge is 1.91. The third-order valence-corrected chi connectivity index (χ3v) is 3.00. The van der Waals surface area contributed by atoms with Gasteiger partial charge in [-0.25, -0.2) is 0 Å². The fourth-order valence-electron chi connectivity index (χ4n) is 1.42. The molecule has 0 aliphatic carbocycles. The summed E-state index contributed by atoms with van der Waals surface area (Å²) in [6.07, 6.45) is 3.89. The highest BCUT2D eigenvalue weighted by Crippen LogP contribution is 2.14. The molecular weight excluding hydrogens is 228 g/mol. The largest absolute Gasteiger partial charge is 0.279 e. The van der Waals surface area contributed by atoms with Crippen molar-refractivity contribution in [2.75, 3.05) is 11.7 Å². The van der Waals surface area contributed by atoms with E-state index in [0.29, 0.717) is 0 Å². The van der Waals surface area contributed by atoms with Crippen molar-refractivity contribution in [3.05, 3.63) is 60.2 Å². The molecule has 2 aromatic carbocycles. The summed E-state index contributed by atoms with van der Waals surface area (Å²) < 4.78 is 0. The lowest BCUT2D eigenvalue weighted by atomic mass is 10.2. The summed E-state index contributed by atoms with van der Waals surface area (Å²) in [5.74, 6) is 0. The van der Waals surface area contributed by atoms with Crippen LogP contribution in [-0.4, -0.2) is 12.5 Å². The zero-order valence-corrected chi connectivity index (χ0v) is 10.4. The first-order valence-electron chi connectivity index (χ1n) is 5.36. The predicted octanol–water partition coefficient (Wildman–Crippen LogP) is 3.85. The van der Waals surface area contributed by atoms with Crippen LogP contribution in [-0.2, 0) is 0 Å². The van der Waals surface area contributed by atoms with Gasteiger partial charge in [-0.3, -0.25) is 5.43 Å². The number of hydrogen-bond acceptors (Lipinski definition) is 3. The van der Waals surface area contributed by atoms with Crippen molar-refractivity contribution in [3.8, 4) is 0 Å². The molecule has 86 valence electrons. The summed E-state index contributed by atoms with van der Waals surface area (Å²) in [5, 5.41) is 4.20. The van der Waals surface area contributed by atoms with Crippen LogP contribution in [0.4, 0.5) is 5.69 Å². The molecule has 0 aliphatic heterocycles. The predicted molar refractivity (Wildman–Crippen MR) is 75.9 cm³/mol. The molecule has 0 saturated carbocycles. The third-order valence-electron chi connectivity index (χ3n) is 2.27. The molecule has 0 spiro atoms. The molecule has 0 amide bonds. The minimum absolute atomic E-state index is 0.991. The van der Waals surface area contributed by atoms with E-state index in [1.165, 1.54) is 4.90 Å². The monoisotopic (exact) mass is 242 g/mol. The number of hydrogen-bond donors (Lipinski definition) is 1. The lowest BCUT2D eigenvalue weighted by molar-refractivity contribution is 1.34. The first-order valence-corrected chi connectivity index (χ1v) is 6.59. The van der Waals surface area contributed by atoms with Crippen LogP contribution >= 0.6 is 11.8 Å². The van der Waals surface area contributed by atoms with Gasteiger partial charge in [0, 0.05) is 4.90 Å². The highest BCUT2D eigenvalue weighted by atomic mass is 32.2. The Morgan fingerprint density at radius 3 is 2.65 bits per heavy atom. The van der Waals surface area contributed by atoms with Gasteiger partial charge in [-0.05, 0) is 36.1 Å². The van der Waals surface area contributed by atoms with E-state index in [1.54, 1.807) is 11.8 Å². The molecule has 2 rings (SSSR count). The van der Waals surface area contributed by atoms with Crippen molar-refractivity contribution in [1.29, 1.82) is 0 Å². The Morgan fingerprint density at radius 1 is 1.06 bits per heavy atom. The second kappa shape index (κ2) is 6.11. The fraction of sp³-hybridized carbons (Fsp3) is 0.0714. The lowest BCUT2D eigenvalue weighted by Crippen LogP contribution is -1.90. The molecule has 3 heteroatoms. The SMILES string of the molecule is CSc1cccc(C=NNc2ccccc2)c1. The normalized spacial score (nSPS) is 10.6. The Kier molecular flexibility index (Phi) is 4.22. The van der Waals surface area contributed by atoms with Crippen molar-refractivity contribution in [2.24, 2.45) is 5.10 Å². The summed E-state index contributed by atoms with van der Waals surface area (Å²) in [6.45, 7) is 0. The molecule has 0 heterocycles. The van der Waals surface area contributed by atoms with E-state index in [0.717, 1.165) is 11.3 Å². The smallest absolute Gasteiger partial charge is 0.0561 e. The zero-order valence-electron chi connectivity index (χ0n) is 9.63. The van der Waals surface area contributed by atoms with E-state index in [4.69, 9.17) is 0 Å². The van der Waals surface area contributed by atoms with Crippen LogP contribution in [0.15, 0.2) is 64.6 Å². The maximum atomic E-state index is 4.20. The van der Waals surface area contributed by atoms with E-state index in [-0.39, 0.29) is 0 Å². The Morgan fingerprint density at radius 2 is 1.88 bits per heavy atom. The van der Waals surface area contributed by atoms with Crippen LogP contribution in [0.1, 0.15) is 5.56 Å². The summed E-state index contributed by atoms with van der Waals surface area (Å²) in [4.78, 5) is 1.24. The fourth-order valence-corrected chi connectivity index (χ4v) is 1.88. The molecule has 0 atom stereocenters. The number of anilines is 1. The van der Waals surface area contributed by atoms with Gasteiger partial charge >= 0.3 is 0 Å². The molecule has 17 heavy (non-hydrogen) atoms. The van der Waals surface area contributed by atoms with Crippen molar-refractivity contribution in [3.63, 3.8) is 0 Å². The number of nitrogens with one attached hydrogen (secondary N) is 1. The molecule has 0 radical (unpaired) electrons. The molecule has 0 bridgehead atoms. The molecule has 2 nitrogen and oxygen atoms in total. The molecule has 0 fully saturated rings. The molecule has 1 N–H and O–H groups in total. The Hall–Kier alpha value is -1.74. The van der Waals surface area contributed by atoms with Crippen molar-refractivity contribution in [2.45, 2.75) is 4.90 Å². The number of rotatable bonds is 4. The second-order valence-electron chi connectivity index (χ2n) is 3.51. The summed E-state index contributed by atoms with van der Waals surface area (Å²) in [5.41, 5.74) is 5.08. The van der Waals surface area contributed by atoms with Crippen LogP contribution in [0, 0.1) is 0 Å². The second-order valence-corrected chi connectivity index (χ2v) is 4.39. The molecule has 2 aromatic rings. The van der Waals surface area contributed by atoms with Crippen LogP contribution in [0.25, 0.3) is 0 Å². The maximum absolute atomic E-state index is 4.20. The zero-order chi connectivity index (χ0) is 11.9. The van der Waals surface area contributed by atoms with Crippen LogP contribution < -0.4 is 5.43 Å². The number of hydrazone groups is 1. The van der Waals surface area contributed by atoms with Crippen LogP contribution in [0.5, 0.6) is 0 Å². The number of nitrogens with zero attached hydrogens (tertiary/aromatic N) is 1. The standard InChI is InChI=1S/C14H14N2S/c1-17-14-9-5-6-12(10-14)11-15-16-13-7-3-2-4-8-13/h2-11,16H,1H3. The van der Waals surface area contributed by atoms with Crippen LogP contribution in [0.3, 0.4) is 0 Å². The maximum Gasteiger partial charge on any atom is 0.0561 e. The number of para-hydroxylation sites is 1. The Balaban J connectivity index is 2.00. The van der Waals surface area contributed by atoms with Gasteiger partial charge in [0.15, 0.2) is 0 Å². The minimum atomic E-state index is 0.991. The number of benzene rings is 2. The molecule has 0 unspecified atom stereocenters. The quantitative estimate of drug-likeness (QED) is 0.500. The van der Waals surface area contributed by atoms with Gasteiger partial charge in [-0.2, -0.15) is 5.10 Å². The van der Waals surface area contributed by atoms with Crippen molar-refractivity contribution in [1.82, 2.24) is 0 Å². The Bertz CT molecular complexity index is 495. The van der Waals surface area contributed by atoms with Gasteiger partial charge in [0.25, 0.3) is 0 Å². The van der Waals surface area contributed by atoms with Gasteiger partial charge in [-0.15, -0.1) is 11.8 Å². The van der Waals surface area contributed by atoms with E-state index in [9.17, 15) is 0 Å². The molecule has 0 aliphatic rings. The van der Waals surface area contributed by atoms with Gasteiger partial charge in [0.1, 0.15) is 0 Å². The van der Waals surface area contributed by atoms with E-state index in [2.05, 4.69) is 28.9 Å². The third kappa shape index (κ3) is 3.64. The van der Waals surface area contributed by atoms with Gasteiger partial charge in [0.05, 0.1) is 11.9 Å². The average molecular weight is 242 g/mol.